The van der Waals surface area contributed by atoms with E-state index in [1.165, 1.54) is 13.2 Å². The predicted octanol–water partition coefficient (Wildman–Crippen LogP) is 4.00. The third-order valence-electron chi connectivity index (χ3n) is 4.51. The molecule has 0 saturated carbocycles. The zero-order valence-corrected chi connectivity index (χ0v) is 13.9. The lowest BCUT2D eigenvalue weighted by Crippen LogP contribution is -2.15. The fourth-order valence-corrected chi connectivity index (χ4v) is 3.30. The summed E-state index contributed by atoms with van der Waals surface area (Å²) in [7, 11) is 1.22. The number of methoxy groups -OCH3 is 1. The number of fused-ring (bicyclic) bond motifs is 1. The van der Waals surface area contributed by atoms with Crippen LogP contribution in [0.5, 0.6) is 0 Å². The van der Waals surface area contributed by atoms with E-state index in [0.29, 0.717) is 18.7 Å². The molecule has 2 heterocycles. The number of carbonyl (C=O) groups is 2. The average Bonchev–Trinajstić information content (AvgIpc) is 2.99. The van der Waals surface area contributed by atoms with Crippen molar-refractivity contribution in [2.45, 2.75) is 32.0 Å². The first-order valence-corrected chi connectivity index (χ1v) is 7.99. The minimum absolute atomic E-state index is 0.0642. The van der Waals surface area contributed by atoms with Gasteiger partial charge in [-0.15, -0.1) is 0 Å². The Bertz CT molecular complexity index is 883. The molecule has 2 aromatic rings. The first kappa shape index (κ1) is 18.0. The summed E-state index contributed by atoms with van der Waals surface area (Å²) in [6.07, 6.45) is -2.40. The second-order valence-corrected chi connectivity index (χ2v) is 6.05. The fraction of sp³-hybridized carbons (Fsp3) is 0.333. The number of aromatic carboxylic acids is 1. The molecule has 8 heteroatoms. The summed E-state index contributed by atoms with van der Waals surface area (Å²) in [4.78, 5) is 23.6. The van der Waals surface area contributed by atoms with Crippen molar-refractivity contribution in [3.63, 3.8) is 0 Å². The lowest BCUT2D eigenvalue weighted by molar-refractivity contribution is -0.137. The summed E-state index contributed by atoms with van der Waals surface area (Å²) in [6, 6.07) is 3.94. The number of carbonyl (C=O) groups excluding carboxylic acids is 1. The van der Waals surface area contributed by atoms with Gasteiger partial charge in [0.15, 0.2) is 0 Å². The van der Waals surface area contributed by atoms with Crippen LogP contribution < -0.4 is 0 Å². The molecule has 0 bridgehead atoms. The Balaban J connectivity index is 2.27. The van der Waals surface area contributed by atoms with E-state index in [4.69, 9.17) is 4.74 Å². The lowest BCUT2D eigenvalue weighted by atomic mass is 10.0. The smallest absolute Gasteiger partial charge is 0.416 e. The van der Waals surface area contributed by atoms with Crippen LogP contribution in [0.2, 0.25) is 0 Å². The number of alkyl halides is 3. The normalized spacial score (nSPS) is 14.0. The Morgan fingerprint density at radius 2 is 1.88 bits per heavy atom. The number of aromatic nitrogens is 1. The van der Waals surface area contributed by atoms with Gasteiger partial charge in [-0.05, 0) is 43.5 Å². The SMILES string of the molecule is COC(=O)c1cc(-c2cc(C(F)(F)F)ccc2C(=O)O)n2c1CCCC2. The molecule has 0 unspecified atom stereocenters. The number of hydrogen-bond acceptors (Lipinski definition) is 3. The summed E-state index contributed by atoms with van der Waals surface area (Å²) >= 11 is 0. The molecule has 0 radical (unpaired) electrons. The first-order chi connectivity index (χ1) is 12.2. The molecular weight excluding hydrogens is 351 g/mol. The Labute approximate surface area is 147 Å². The van der Waals surface area contributed by atoms with E-state index in [0.717, 1.165) is 31.0 Å². The third kappa shape index (κ3) is 3.07. The highest BCUT2D eigenvalue weighted by molar-refractivity contribution is 5.98. The molecule has 0 amide bonds. The largest absolute Gasteiger partial charge is 0.478 e. The molecule has 1 aliphatic heterocycles. The number of hydrogen-bond donors (Lipinski definition) is 1. The molecule has 1 aromatic carbocycles. The van der Waals surface area contributed by atoms with Gasteiger partial charge in [-0.2, -0.15) is 13.2 Å². The van der Waals surface area contributed by atoms with Gasteiger partial charge >= 0.3 is 18.1 Å². The van der Waals surface area contributed by atoms with E-state index in [1.807, 2.05) is 0 Å². The number of ether oxygens (including phenoxy) is 1. The molecule has 0 fully saturated rings. The van der Waals surface area contributed by atoms with Gasteiger partial charge in [0, 0.05) is 23.5 Å². The van der Waals surface area contributed by atoms with Crippen molar-refractivity contribution in [2.24, 2.45) is 0 Å². The maximum absolute atomic E-state index is 13.1. The van der Waals surface area contributed by atoms with Gasteiger partial charge < -0.3 is 14.4 Å². The molecular formula is C18H16F3NO4. The number of rotatable bonds is 3. The van der Waals surface area contributed by atoms with Crippen LogP contribution in [-0.4, -0.2) is 28.7 Å². The van der Waals surface area contributed by atoms with Crippen molar-refractivity contribution in [1.29, 1.82) is 0 Å². The van der Waals surface area contributed by atoms with E-state index in [1.54, 1.807) is 4.57 Å². The Morgan fingerprint density at radius 3 is 2.50 bits per heavy atom. The monoisotopic (exact) mass is 367 g/mol. The van der Waals surface area contributed by atoms with E-state index in [9.17, 15) is 27.9 Å². The second-order valence-electron chi connectivity index (χ2n) is 6.05. The van der Waals surface area contributed by atoms with Gasteiger partial charge in [0.1, 0.15) is 0 Å². The Kier molecular flexibility index (Phi) is 4.52. The molecule has 0 atom stereocenters. The molecule has 3 rings (SSSR count). The first-order valence-electron chi connectivity index (χ1n) is 7.99. The van der Waals surface area contributed by atoms with Crippen LogP contribution in [-0.2, 0) is 23.9 Å². The quantitative estimate of drug-likeness (QED) is 0.833. The molecule has 0 saturated heterocycles. The molecule has 0 aliphatic carbocycles. The van der Waals surface area contributed by atoms with E-state index in [-0.39, 0.29) is 22.4 Å². The molecule has 0 spiro atoms. The van der Waals surface area contributed by atoms with Crippen LogP contribution >= 0.6 is 0 Å². The predicted molar refractivity (Wildman–Crippen MR) is 86.1 cm³/mol. The third-order valence-corrected chi connectivity index (χ3v) is 4.51. The van der Waals surface area contributed by atoms with Crippen molar-refractivity contribution < 1.29 is 32.6 Å². The average molecular weight is 367 g/mol. The number of halogens is 3. The highest BCUT2D eigenvalue weighted by Crippen LogP contribution is 2.37. The lowest BCUT2D eigenvalue weighted by Gasteiger charge is -2.20. The second kappa shape index (κ2) is 6.51. The highest BCUT2D eigenvalue weighted by Gasteiger charge is 2.33. The maximum atomic E-state index is 13.1. The van der Waals surface area contributed by atoms with E-state index >= 15 is 0 Å². The molecule has 1 aromatic heterocycles. The van der Waals surface area contributed by atoms with Crippen LogP contribution in [0.3, 0.4) is 0 Å². The number of carboxylic acid groups (broad SMARTS) is 1. The summed E-state index contributed by atoms with van der Waals surface area (Å²) in [5, 5.41) is 9.40. The molecule has 138 valence electrons. The zero-order valence-electron chi connectivity index (χ0n) is 13.9. The summed E-state index contributed by atoms with van der Waals surface area (Å²) in [5.74, 6) is -1.93. The van der Waals surface area contributed by atoms with Crippen LogP contribution in [0.4, 0.5) is 13.2 Å². The fourth-order valence-electron chi connectivity index (χ4n) is 3.30. The van der Waals surface area contributed by atoms with E-state index < -0.39 is 23.7 Å². The van der Waals surface area contributed by atoms with Crippen molar-refractivity contribution in [3.05, 3.63) is 46.6 Å². The van der Waals surface area contributed by atoms with Crippen LogP contribution in [0.1, 0.15) is 44.8 Å². The van der Waals surface area contributed by atoms with Gasteiger partial charge in [-0.1, -0.05) is 0 Å². The number of benzene rings is 1. The highest BCUT2D eigenvalue weighted by atomic mass is 19.4. The maximum Gasteiger partial charge on any atom is 0.416 e. The van der Waals surface area contributed by atoms with Crippen LogP contribution in [0.25, 0.3) is 11.3 Å². The van der Waals surface area contributed by atoms with Crippen molar-refractivity contribution in [3.8, 4) is 11.3 Å². The number of nitrogens with zero attached hydrogens (tertiary/aromatic N) is 1. The van der Waals surface area contributed by atoms with Crippen molar-refractivity contribution in [2.75, 3.05) is 7.11 Å². The standard InChI is InChI=1S/C18H16F3NO4/c1-26-17(25)13-9-15(22-7-3-2-4-14(13)22)12-8-10(18(19,20)21)5-6-11(12)16(23)24/h5-6,8-9H,2-4,7H2,1H3,(H,23,24). The zero-order chi connectivity index (χ0) is 19.1. The minimum atomic E-state index is -4.60. The number of esters is 1. The summed E-state index contributed by atoms with van der Waals surface area (Å²) in [6.45, 7) is 0.497. The Morgan fingerprint density at radius 1 is 1.15 bits per heavy atom. The van der Waals surface area contributed by atoms with Gasteiger partial charge in [0.2, 0.25) is 0 Å². The van der Waals surface area contributed by atoms with Crippen molar-refractivity contribution >= 4 is 11.9 Å². The van der Waals surface area contributed by atoms with Crippen molar-refractivity contribution in [1.82, 2.24) is 4.57 Å². The summed E-state index contributed by atoms with van der Waals surface area (Å²) < 4.78 is 45.8. The van der Waals surface area contributed by atoms with Gasteiger partial charge in [0.05, 0.1) is 23.8 Å². The molecule has 5 nitrogen and oxygen atoms in total. The number of carboxylic acids is 1. The summed E-state index contributed by atoms with van der Waals surface area (Å²) in [5.41, 5.74) is -0.0548. The van der Waals surface area contributed by atoms with Gasteiger partial charge in [-0.25, -0.2) is 9.59 Å². The topological polar surface area (TPSA) is 68.5 Å². The molecule has 26 heavy (non-hydrogen) atoms. The van der Waals surface area contributed by atoms with Crippen LogP contribution in [0, 0.1) is 0 Å². The van der Waals surface area contributed by atoms with Gasteiger partial charge in [-0.3, -0.25) is 0 Å². The Hall–Kier alpha value is -2.77. The molecule has 1 N–H and O–H groups in total. The minimum Gasteiger partial charge on any atom is -0.478 e. The van der Waals surface area contributed by atoms with Crippen LogP contribution in [0.15, 0.2) is 24.3 Å². The molecule has 1 aliphatic rings. The van der Waals surface area contributed by atoms with E-state index in [2.05, 4.69) is 0 Å². The van der Waals surface area contributed by atoms with Gasteiger partial charge in [0.25, 0.3) is 0 Å².